The van der Waals surface area contributed by atoms with Crippen molar-refractivity contribution in [3.8, 4) is 0 Å². The number of hydrogen-bond donors (Lipinski definition) is 1. The average Bonchev–Trinajstić information content (AvgIpc) is 2.38. The molecule has 0 bridgehead atoms. The van der Waals surface area contributed by atoms with Crippen LogP contribution in [0.2, 0.25) is 0 Å². The lowest BCUT2D eigenvalue weighted by molar-refractivity contribution is 0.130. The zero-order valence-corrected chi connectivity index (χ0v) is 12.5. The third kappa shape index (κ3) is 5.72. The van der Waals surface area contributed by atoms with Gasteiger partial charge in [0, 0.05) is 19.8 Å². The second-order valence-electron chi connectivity index (χ2n) is 4.48. The number of hydrogen-bond acceptors (Lipinski definition) is 3. The highest BCUT2D eigenvalue weighted by Gasteiger charge is 2.14. The lowest BCUT2D eigenvalue weighted by Crippen LogP contribution is -2.26. The highest BCUT2D eigenvalue weighted by Crippen LogP contribution is 2.13. The van der Waals surface area contributed by atoms with Gasteiger partial charge in [0.2, 0.25) is 10.0 Å². The van der Waals surface area contributed by atoms with Crippen LogP contribution >= 0.6 is 0 Å². The van der Waals surface area contributed by atoms with Crippen LogP contribution in [0.3, 0.4) is 0 Å². The van der Waals surface area contributed by atoms with Crippen LogP contribution < -0.4 is 4.72 Å². The van der Waals surface area contributed by atoms with Crippen molar-refractivity contribution in [2.24, 2.45) is 0 Å². The van der Waals surface area contributed by atoms with E-state index in [9.17, 15) is 8.42 Å². The van der Waals surface area contributed by atoms with Gasteiger partial charge in [-0.3, -0.25) is 0 Å². The zero-order chi connectivity index (χ0) is 14.1. The summed E-state index contributed by atoms with van der Waals surface area (Å²) in [5, 5.41) is 0. The number of nitrogens with one attached hydrogen (secondary N) is 1. The molecule has 0 saturated heterocycles. The second kappa shape index (κ2) is 8.30. The Kier molecular flexibility index (Phi) is 7.05. The molecule has 0 aliphatic carbocycles. The van der Waals surface area contributed by atoms with E-state index in [1.165, 1.54) is 0 Å². The average molecular weight is 285 g/mol. The summed E-state index contributed by atoms with van der Waals surface area (Å²) in [6, 6.07) is 6.98. The van der Waals surface area contributed by atoms with Gasteiger partial charge in [0.1, 0.15) is 0 Å². The number of benzene rings is 1. The molecule has 5 heteroatoms. The number of unbranched alkanes of at least 4 members (excludes halogenated alkanes) is 1. The molecule has 0 spiro atoms. The molecule has 0 atom stereocenters. The van der Waals surface area contributed by atoms with Gasteiger partial charge in [-0.1, -0.05) is 31.5 Å². The number of sulfonamides is 1. The van der Waals surface area contributed by atoms with E-state index in [0.29, 0.717) is 24.5 Å². The van der Waals surface area contributed by atoms with Crippen molar-refractivity contribution in [2.75, 3.05) is 19.8 Å². The Bertz CT molecular complexity index is 471. The maximum absolute atomic E-state index is 12.0. The fourth-order valence-electron chi connectivity index (χ4n) is 1.66. The summed E-state index contributed by atoms with van der Waals surface area (Å²) >= 11 is 0. The van der Waals surface area contributed by atoms with Crippen LogP contribution in [-0.4, -0.2) is 28.2 Å². The molecule has 19 heavy (non-hydrogen) atoms. The Balaban J connectivity index is 2.34. The molecule has 4 nitrogen and oxygen atoms in total. The molecule has 0 radical (unpaired) electrons. The van der Waals surface area contributed by atoms with Gasteiger partial charge in [0.25, 0.3) is 0 Å². The van der Waals surface area contributed by atoms with E-state index >= 15 is 0 Å². The first-order valence-corrected chi connectivity index (χ1v) is 8.19. The van der Waals surface area contributed by atoms with E-state index in [4.69, 9.17) is 4.74 Å². The maximum atomic E-state index is 12.0. The number of ether oxygens (including phenoxy) is 1. The molecule has 0 aliphatic heterocycles. The number of rotatable bonds is 9. The SMILES string of the molecule is CCCCOCCCNS(=O)(=O)c1ccccc1C. The fourth-order valence-corrected chi connectivity index (χ4v) is 2.98. The van der Waals surface area contributed by atoms with Crippen molar-refractivity contribution >= 4 is 10.0 Å². The Hall–Kier alpha value is -0.910. The molecule has 0 amide bonds. The minimum absolute atomic E-state index is 0.349. The van der Waals surface area contributed by atoms with Crippen LogP contribution in [0.15, 0.2) is 29.2 Å². The molecule has 0 saturated carbocycles. The standard InChI is InChI=1S/C14H23NO3S/c1-3-4-11-18-12-7-10-15-19(16,17)14-9-6-5-8-13(14)2/h5-6,8-9,15H,3-4,7,10-12H2,1-2H3. The van der Waals surface area contributed by atoms with E-state index in [2.05, 4.69) is 11.6 Å². The predicted molar refractivity (Wildman–Crippen MR) is 76.7 cm³/mol. The first-order chi connectivity index (χ1) is 9.08. The lowest BCUT2D eigenvalue weighted by Gasteiger charge is -2.09. The highest BCUT2D eigenvalue weighted by molar-refractivity contribution is 7.89. The summed E-state index contributed by atoms with van der Waals surface area (Å²) in [7, 11) is -3.39. The number of aryl methyl sites for hydroxylation is 1. The van der Waals surface area contributed by atoms with Crippen LogP contribution in [0.25, 0.3) is 0 Å². The monoisotopic (exact) mass is 285 g/mol. The summed E-state index contributed by atoms with van der Waals surface area (Å²) in [6.07, 6.45) is 2.85. The first-order valence-electron chi connectivity index (χ1n) is 6.71. The normalized spacial score (nSPS) is 11.7. The molecule has 0 heterocycles. The van der Waals surface area contributed by atoms with Crippen molar-refractivity contribution in [1.82, 2.24) is 4.72 Å². The third-order valence-corrected chi connectivity index (χ3v) is 4.40. The quantitative estimate of drug-likeness (QED) is 0.709. The summed E-state index contributed by atoms with van der Waals surface area (Å²) in [5.41, 5.74) is 0.759. The summed E-state index contributed by atoms with van der Waals surface area (Å²) < 4.78 is 32.1. The van der Waals surface area contributed by atoms with Gasteiger partial charge < -0.3 is 4.74 Å². The molecule has 0 aliphatic rings. The largest absolute Gasteiger partial charge is 0.381 e. The fraction of sp³-hybridized carbons (Fsp3) is 0.571. The summed E-state index contributed by atoms with van der Waals surface area (Å²) in [5.74, 6) is 0. The van der Waals surface area contributed by atoms with E-state index in [-0.39, 0.29) is 0 Å². The lowest BCUT2D eigenvalue weighted by atomic mass is 10.2. The summed E-state index contributed by atoms with van der Waals surface area (Å²) in [4.78, 5) is 0.349. The molecule has 1 aromatic carbocycles. The minimum Gasteiger partial charge on any atom is -0.381 e. The third-order valence-electron chi connectivity index (χ3n) is 2.78. The Morgan fingerprint density at radius 3 is 2.53 bits per heavy atom. The maximum Gasteiger partial charge on any atom is 0.240 e. The van der Waals surface area contributed by atoms with Gasteiger partial charge in [-0.25, -0.2) is 13.1 Å². The van der Waals surface area contributed by atoms with Crippen molar-refractivity contribution in [2.45, 2.75) is 38.0 Å². The van der Waals surface area contributed by atoms with Gasteiger partial charge in [-0.05, 0) is 31.4 Å². The Morgan fingerprint density at radius 2 is 1.84 bits per heavy atom. The van der Waals surface area contributed by atoms with Crippen LogP contribution in [0.1, 0.15) is 31.7 Å². The van der Waals surface area contributed by atoms with E-state index in [1.54, 1.807) is 25.1 Å². The van der Waals surface area contributed by atoms with Crippen molar-refractivity contribution in [3.05, 3.63) is 29.8 Å². The minimum atomic E-state index is -3.39. The van der Waals surface area contributed by atoms with Crippen LogP contribution in [0.4, 0.5) is 0 Å². The van der Waals surface area contributed by atoms with Crippen LogP contribution in [0, 0.1) is 6.92 Å². The predicted octanol–water partition coefficient (Wildman–Crippen LogP) is 2.48. The molecular weight excluding hydrogens is 262 g/mol. The van der Waals surface area contributed by atoms with Gasteiger partial charge >= 0.3 is 0 Å². The first kappa shape index (κ1) is 16.1. The van der Waals surface area contributed by atoms with Crippen molar-refractivity contribution in [1.29, 1.82) is 0 Å². The highest BCUT2D eigenvalue weighted by atomic mass is 32.2. The van der Waals surface area contributed by atoms with E-state index in [0.717, 1.165) is 25.0 Å². The summed E-state index contributed by atoms with van der Waals surface area (Å²) in [6.45, 7) is 5.65. The van der Waals surface area contributed by atoms with Gasteiger partial charge in [0.05, 0.1) is 4.90 Å². The molecule has 0 aromatic heterocycles. The molecule has 0 unspecified atom stereocenters. The Morgan fingerprint density at radius 1 is 1.16 bits per heavy atom. The smallest absolute Gasteiger partial charge is 0.240 e. The molecule has 1 N–H and O–H groups in total. The van der Waals surface area contributed by atoms with Crippen molar-refractivity contribution in [3.63, 3.8) is 0 Å². The van der Waals surface area contributed by atoms with Crippen molar-refractivity contribution < 1.29 is 13.2 Å². The van der Waals surface area contributed by atoms with E-state index in [1.807, 2.05) is 6.07 Å². The molecule has 1 rings (SSSR count). The van der Waals surface area contributed by atoms with Crippen LogP contribution in [0.5, 0.6) is 0 Å². The van der Waals surface area contributed by atoms with Gasteiger partial charge in [0.15, 0.2) is 0 Å². The van der Waals surface area contributed by atoms with Gasteiger partial charge in [-0.2, -0.15) is 0 Å². The molecule has 1 aromatic rings. The zero-order valence-electron chi connectivity index (χ0n) is 11.7. The van der Waals surface area contributed by atoms with Crippen LogP contribution in [-0.2, 0) is 14.8 Å². The second-order valence-corrected chi connectivity index (χ2v) is 6.22. The van der Waals surface area contributed by atoms with E-state index < -0.39 is 10.0 Å². The molecule has 108 valence electrons. The molecular formula is C14H23NO3S. The Labute approximate surface area is 116 Å². The topological polar surface area (TPSA) is 55.4 Å². The van der Waals surface area contributed by atoms with Gasteiger partial charge in [-0.15, -0.1) is 0 Å². The molecule has 0 fully saturated rings.